The fraction of sp³-hybridized carbons (Fsp3) is 0.364. The lowest BCUT2D eigenvalue weighted by Gasteiger charge is -2.07. The van der Waals surface area contributed by atoms with Crippen molar-refractivity contribution < 1.29 is 13.2 Å². The molecule has 0 atom stereocenters. The second-order valence-electron chi connectivity index (χ2n) is 3.75. The fourth-order valence-electron chi connectivity index (χ4n) is 1.22. The summed E-state index contributed by atoms with van der Waals surface area (Å²) in [6, 6.07) is 7.19. The summed E-state index contributed by atoms with van der Waals surface area (Å²) < 4.78 is 26.9. The average Bonchev–Trinajstić information content (AvgIpc) is 2.27. The molecule has 0 saturated carbocycles. The summed E-state index contributed by atoms with van der Waals surface area (Å²) in [5, 5.41) is 2.86. The van der Waals surface area contributed by atoms with Crippen LogP contribution in [0.15, 0.2) is 29.3 Å². The van der Waals surface area contributed by atoms with Crippen LogP contribution >= 0.6 is 24.0 Å². The first-order valence-electron chi connectivity index (χ1n) is 5.29. The van der Waals surface area contributed by atoms with Gasteiger partial charge in [0.2, 0.25) is 0 Å². The van der Waals surface area contributed by atoms with E-state index in [9.17, 15) is 8.42 Å². The highest BCUT2D eigenvalue weighted by Crippen LogP contribution is 2.16. The quantitative estimate of drug-likeness (QED) is 0.439. The molecule has 19 heavy (non-hydrogen) atoms. The third kappa shape index (κ3) is 7.88. The Balaban J connectivity index is 0.00000324. The molecule has 0 spiro atoms. The van der Waals surface area contributed by atoms with Crippen LogP contribution in [0, 0.1) is 0 Å². The minimum atomic E-state index is -3.01. The molecular weight excluding hydrogens is 381 g/mol. The van der Waals surface area contributed by atoms with E-state index in [4.69, 9.17) is 10.5 Å². The van der Waals surface area contributed by atoms with Crippen LogP contribution in [0.4, 0.5) is 5.69 Å². The molecule has 0 heterocycles. The van der Waals surface area contributed by atoms with Crippen LogP contribution in [0.1, 0.15) is 0 Å². The van der Waals surface area contributed by atoms with Gasteiger partial charge in [-0.2, -0.15) is 0 Å². The standard InChI is InChI=1S/C11H17N3O3S.HI/c1-17-10-5-3-4-9(8-10)14-11(12)13-6-7-18(2,15)16;/h3-5,8H,6-7H2,1-2H3,(H3,12,13,14);1H. The molecule has 1 aromatic rings. The van der Waals surface area contributed by atoms with Gasteiger partial charge in [0.25, 0.3) is 0 Å². The monoisotopic (exact) mass is 399 g/mol. The van der Waals surface area contributed by atoms with E-state index in [1.165, 1.54) is 0 Å². The third-order valence-electron chi connectivity index (χ3n) is 2.09. The van der Waals surface area contributed by atoms with Gasteiger partial charge in [-0.1, -0.05) is 6.07 Å². The van der Waals surface area contributed by atoms with E-state index >= 15 is 0 Å². The highest BCUT2D eigenvalue weighted by atomic mass is 127. The molecule has 0 aliphatic rings. The first-order chi connectivity index (χ1) is 8.40. The maximum Gasteiger partial charge on any atom is 0.193 e. The van der Waals surface area contributed by atoms with E-state index in [2.05, 4.69) is 10.3 Å². The van der Waals surface area contributed by atoms with Gasteiger partial charge in [-0.25, -0.2) is 8.42 Å². The molecule has 0 saturated heterocycles. The summed E-state index contributed by atoms with van der Waals surface area (Å²) in [6.07, 6.45) is 1.16. The summed E-state index contributed by atoms with van der Waals surface area (Å²) in [5.74, 6) is 0.851. The largest absolute Gasteiger partial charge is 0.497 e. The Labute approximate surface area is 130 Å². The van der Waals surface area contributed by atoms with E-state index in [1.54, 1.807) is 13.2 Å². The van der Waals surface area contributed by atoms with E-state index in [-0.39, 0.29) is 42.2 Å². The van der Waals surface area contributed by atoms with Crippen molar-refractivity contribution in [2.75, 3.05) is 31.0 Å². The van der Waals surface area contributed by atoms with Crippen LogP contribution in [-0.4, -0.2) is 40.0 Å². The number of hydrogen-bond acceptors (Lipinski definition) is 4. The van der Waals surface area contributed by atoms with Crippen LogP contribution in [0.5, 0.6) is 5.75 Å². The van der Waals surface area contributed by atoms with Crippen LogP contribution < -0.4 is 15.8 Å². The lowest BCUT2D eigenvalue weighted by molar-refractivity contribution is 0.415. The summed E-state index contributed by atoms with van der Waals surface area (Å²) >= 11 is 0. The zero-order chi connectivity index (χ0) is 13.6. The SMILES string of the molecule is COc1cccc(NC(N)=NCCS(C)(=O)=O)c1.I. The van der Waals surface area contributed by atoms with E-state index in [0.717, 1.165) is 11.9 Å². The molecule has 1 rings (SSSR count). The lowest BCUT2D eigenvalue weighted by atomic mass is 10.3. The van der Waals surface area contributed by atoms with Crippen LogP contribution in [0.3, 0.4) is 0 Å². The van der Waals surface area contributed by atoms with Gasteiger partial charge in [0.15, 0.2) is 5.96 Å². The zero-order valence-corrected chi connectivity index (χ0v) is 13.9. The number of nitrogens with two attached hydrogens (primary N) is 1. The number of nitrogens with one attached hydrogen (secondary N) is 1. The molecule has 108 valence electrons. The van der Waals surface area contributed by atoms with Crippen molar-refractivity contribution in [3.63, 3.8) is 0 Å². The number of benzene rings is 1. The number of halogens is 1. The van der Waals surface area contributed by atoms with Gasteiger partial charge in [-0.05, 0) is 12.1 Å². The summed E-state index contributed by atoms with van der Waals surface area (Å²) in [5.41, 5.74) is 6.36. The number of rotatable bonds is 5. The lowest BCUT2D eigenvalue weighted by Crippen LogP contribution is -2.23. The van der Waals surface area contributed by atoms with Gasteiger partial charge in [0.1, 0.15) is 15.6 Å². The van der Waals surface area contributed by atoms with Crippen molar-refractivity contribution >= 4 is 45.5 Å². The number of guanidine groups is 1. The van der Waals surface area contributed by atoms with Gasteiger partial charge in [-0.15, -0.1) is 24.0 Å². The van der Waals surface area contributed by atoms with Crippen molar-refractivity contribution in [1.29, 1.82) is 0 Å². The van der Waals surface area contributed by atoms with Crippen molar-refractivity contribution in [3.05, 3.63) is 24.3 Å². The number of methoxy groups -OCH3 is 1. The normalized spacial score (nSPS) is 11.6. The molecule has 3 N–H and O–H groups in total. The van der Waals surface area contributed by atoms with Crippen LogP contribution in [-0.2, 0) is 9.84 Å². The Kier molecular flexibility index (Phi) is 7.76. The summed E-state index contributed by atoms with van der Waals surface area (Å²) in [6.45, 7) is 0.141. The Morgan fingerprint density at radius 2 is 2.16 bits per heavy atom. The van der Waals surface area contributed by atoms with Crippen molar-refractivity contribution in [3.8, 4) is 5.75 Å². The van der Waals surface area contributed by atoms with Gasteiger partial charge in [-0.3, -0.25) is 4.99 Å². The Hall–Kier alpha value is -1.03. The Morgan fingerprint density at radius 1 is 1.47 bits per heavy atom. The number of nitrogens with zero attached hydrogens (tertiary/aromatic N) is 1. The zero-order valence-electron chi connectivity index (χ0n) is 10.8. The second kappa shape index (κ2) is 8.20. The second-order valence-corrected chi connectivity index (χ2v) is 6.01. The molecule has 1 aromatic carbocycles. The van der Waals surface area contributed by atoms with E-state index in [0.29, 0.717) is 5.75 Å². The van der Waals surface area contributed by atoms with Crippen molar-refractivity contribution in [1.82, 2.24) is 0 Å². The molecule has 0 aliphatic carbocycles. The molecule has 0 bridgehead atoms. The van der Waals surface area contributed by atoms with Gasteiger partial charge in [0, 0.05) is 18.0 Å². The topological polar surface area (TPSA) is 93.8 Å². The van der Waals surface area contributed by atoms with Gasteiger partial charge >= 0.3 is 0 Å². The number of aliphatic imine (C=N–C) groups is 1. The highest BCUT2D eigenvalue weighted by molar-refractivity contribution is 14.0. The predicted octanol–water partition coefficient (Wildman–Crippen LogP) is 1.08. The minimum absolute atomic E-state index is 0. The van der Waals surface area contributed by atoms with Gasteiger partial charge < -0.3 is 15.8 Å². The molecule has 0 fully saturated rings. The number of hydrogen-bond donors (Lipinski definition) is 2. The fourth-order valence-corrected chi connectivity index (χ4v) is 1.64. The predicted molar refractivity (Wildman–Crippen MR) is 88.2 cm³/mol. The maximum atomic E-state index is 10.9. The molecule has 0 unspecified atom stereocenters. The van der Waals surface area contributed by atoms with Crippen molar-refractivity contribution in [2.45, 2.75) is 0 Å². The molecule has 6 nitrogen and oxygen atoms in total. The molecule has 0 aliphatic heterocycles. The molecule has 0 amide bonds. The summed E-state index contributed by atoms with van der Waals surface area (Å²) in [4.78, 5) is 3.92. The Morgan fingerprint density at radius 3 is 2.74 bits per heavy atom. The highest BCUT2D eigenvalue weighted by Gasteiger charge is 2.01. The van der Waals surface area contributed by atoms with E-state index in [1.807, 2.05) is 18.2 Å². The van der Waals surface area contributed by atoms with Crippen molar-refractivity contribution in [2.24, 2.45) is 10.7 Å². The smallest absolute Gasteiger partial charge is 0.193 e. The molecule has 8 heteroatoms. The maximum absolute atomic E-state index is 10.9. The van der Waals surface area contributed by atoms with Crippen LogP contribution in [0.25, 0.3) is 0 Å². The average molecular weight is 399 g/mol. The Bertz CT molecular complexity index is 532. The van der Waals surface area contributed by atoms with E-state index < -0.39 is 9.84 Å². The third-order valence-corrected chi connectivity index (χ3v) is 3.01. The number of anilines is 1. The van der Waals surface area contributed by atoms with Gasteiger partial charge in [0.05, 0.1) is 19.4 Å². The molecule has 0 aromatic heterocycles. The van der Waals surface area contributed by atoms with Crippen LogP contribution in [0.2, 0.25) is 0 Å². The first kappa shape index (κ1) is 18.0. The first-order valence-corrected chi connectivity index (χ1v) is 7.35. The molecular formula is C11H18IN3O3S. The summed E-state index contributed by atoms with van der Waals surface area (Å²) in [7, 11) is -1.44. The number of sulfone groups is 1. The molecule has 0 radical (unpaired) electrons. The minimum Gasteiger partial charge on any atom is -0.497 e. The number of ether oxygens (including phenoxy) is 1.